The first-order valence-electron chi connectivity index (χ1n) is 19.8. The van der Waals surface area contributed by atoms with Crippen LogP contribution < -0.4 is 5.32 Å². The van der Waals surface area contributed by atoms with E-state index in [0.717, 1.165) is 62.0 Å². The normalized spacial score (nSPS) is 17.6. The maximum Gasteiger partial charge on any atom is 0.303 e. The Bertz CT molecular complexity index is 1190. The van der Waals surface area contributed by atoms with Gasteiger partial charge in [-0.05, 0) is 62.0 Å². The molecule has 0 spiro atoms. The Labute approximate surface area is 302 Å². The van der Waals surface area contributed by atoms with Crippen molar-refractivity contribution in [3.8, 4) is 0 Å². The van der Waals surface area contributed by atoms with Gasteiger partial charge in [-0.15, -0.1) is 0 Å². The van der Waals surface area contributed by atoms with Crippen LogP contribution >= 0.6 is 0 Å². The second kappa shape index (κ2) is 25.2. The predicted octanol–water partition coefficient (Wildman–Crippen LogP) is 10.1. The molecule has 3 rings (SSSR count). The lowest BCUT2D eigenvalue weighted by molar-refractivity contribution is -0.253. The highest BCUT2D eigenvalue weighted by Crippen LogP contribution is 2.39. The van der Waals surface area contributed by atoms with E-state index < -0.39 is 12.3 Å². The molecule has 0 aromatic heterocycles. The number of hydrogen-bond donors (Lipinski definition) is 3. The number of anilines is 1. The molecule has 1 heterocycles. The third-order valence-corrected chi connectivity index (χ3v) is 9.72. The van der Waals surface area contributed by atoms with Crippen molar-refractivity contribution in [1.29, 1.82) is 0 Å². The molecule has 3 atom stereocenters. The summed E-state index contributed by atoms with van der Waals surface area (Å²) in [6.45, 7) is 7.57. The standard InChI is InChI=1S/C42H66N2O6/c1-3-5-7-9-13-17-28-44(29-18-14-10-8-6-4-2)32-38-31-39(35-26-24-34(33-45)25-27-35)50-42(49-38)36-20-19-21-37(30-36)43-40(46)22-15-11-12-16-23-41(47)48/h19-21,24-27,30,38-39,42,45H,3-18,22-23,28-29,31-33H2,1-2H3,(H,43,46)(H,47,48). The second-order valence-corrected chi connectivity index (χ2v) is 14.2. The molecule has 0 radical (unpaired) electrons. The zero-order valence-corrected chi connectivity index (χ0v) is 31.1. The minimum absolute atomic E-state index is 0.00918. The molecule has 1 fully saturated rings. The number of carbonyl (C=O) groups is 2. The van der Waals surface area contributed by atoms with Gasteiger partial charge in [0.15, 0.2) is 6.29 Å². The average Bonchev–Trinajstić information content (AvgIpc) is 3.12. The van der Waals surface area contributed by atoms with E-state index >= 15 is 0 Å². The van der Waals surface area contributed by atoms with E-state index in [1.54, 1.807) is 0 Å². The number of aliphatic hydroxyl groups excluding tert-OH is 1. The van der Waals surface area contributed by atoms with Gasteiger partial charge in [-0.25, -0.2) is 0 Å². The SMILES string of the molecule is CCCCCCCCN(CCCCCCCC)CC1CC(c2ccc(CO)cc2)OC(c2cccc(NC(=O)CCCCCCC(=O)O)c2)O1. The van der Waals surface area contributed by atoms with Crippen LogP contribution in [0.2, 0.25) is 0 Å². The lowest BCUT2D eigenvalue weighted by Gasteiger charge is -2.38. The Hall–Kier alpha value is -2.78. The summed E-state index contributed by atoms with van der Waals surface area (Å²) in [5.41, 5.74) is 3.54. The summed E-state index contributed by atoms with van der Waals surface area (Å²) >= 11 is 0. The number of carbonyl (C=O) groups excluding carboxylic acids is 1. The van der Waals surface area contributed by atoms with Crippen molar-refractivity contribution in [2.45, 2.75) is 161 Å². The topological polar surface area (TPSA) is 108 Å². The zero-order chi connectivity index (χ0) is 35.8. The van der Waals surface area contributed by atoms with E-state index in [1.807, 2.05) is 36.4 Å². The fraction of sp³-hybridized carbons (Fsp3) is 0.667. The number of ether oxygens (including phenoxy) is 2. The van der Waals surface area contributed by atoms with Gasteiger partial charge in [0.05, 0.1) is 18.8 Å². The van der Waals surface area contributed by atoms with Crippen LogP contribution in [0.15, 0.2) is 48.5 Å². The van der Waals surface area contributed by atoms with Gasteiger partial charge in [-0.1, -0.05) is 127 Å². The number of hydrogen-bond acceptors (Lipinski definition) is 6. The molecule has 0 saturated carbocycles. The molecular weight excluding hydrogens is 628 g/mol. The van der Waals surface area contributed by atoms with Gasteiger partial charge in [-0.2, -0.15) is 0 Å². The number of amides is 1. The van der Waals surface area contributed by atoms with Gasteiger partial charge in [0.25, 0.3) is 0 Å². The van der Waals surface area contributed by atoms with E-state index in [4.69, 9.17) is 14.6 Å². The molecule has 280 valence electrons. The molecule has 3 unspecified atom stereocenters. The van der Waals surface area contributed by atoms with Crippen LogP contribution in [0.4, 0.5) is 5.69 Å². The summed E-state index contributed by atoms with van der Waals surface area (Å²) in [4.78, 5) is 26.1. The van der Waals surface area contributed by atoms with Crippen molar-refractivity contribution < 1.29 is 29.3 Å². The number of aliphatic hydroxyl groups is 1. The highest BCUT2D eigenvalue weighted by Gasteiger charge is 2.33. The van der Waals surface area contributed by atoms with Gasteiger partial charge in [0.1, 0.15) is 0 Å². The monoisotopic (exact) mass is 694 g/mol. The van der Waals surface area contributed by atoms with Crippen LogP contribution in [0.5, 0.6) is 0 Å². The Morgan fingerprint density at radius 2 is 1.34 bits per heavy atom. The second-order valence-electron chi connectivity index (χ2n) is 14.2. The Morgan fingerprint density at radius 1 is 0.740 bits per heavy atom. The van der Waals surface area contributed by atoms with Crippen molar-refractivity contribution in [3.63, 3.8) is 0 Å². The van der Waals surface area contributed by atoms with E-state index in [9.17, 15) is 14.7 Å². The molecule has 0 aliphatic carbocycles. The number of carboxylic acid groups (broad SMARTS) is 1. The van der Waals surface area contributed by atoms with Crippen molar-refractivity contribution in [2.24, 2.45) is 0 Å². The minimum Gasteiger partial charge on any atom is -0.481 e. The Kier molecular flexibility index (Phi) is 21.0. The largest absolute Gasteiger partial charge is 0.481 e. The zero-order valence-electron chi connectivity index (χ0n) is 31.1. The summed E-state index contributed by atoms with van der Waals surface area (Å²) < 4.78 is 13.4. The van der Waals surface area contributed by atoms with Gasteiger partial charge in [0, 0.05) is 37.1 Å². The van der Waals surface area contributed by atoms with Crippen molar-refractivity contribution in [3.05, 3.63) is 65.2 Å². The van der Waals surface area contributed by atoms with E-state index in [-0.39, 0.29) is 31.1 Å². The van der Waals surface area contributed by atoms with E-state index in [1.165, 1.54) is 77.0 Å². The van der Waals surface area contributed by atoms with Crippen molar-refractivity contribution >= 4 is 17.6 Å². The van der Waals surface area contributed by atoms with Crippen LogP contribution in [-0.4, -0.2) is 52.7 Å². The lowest BCUT2D eigenvalue weighted by atomic mass is 9.99. The quantitative estimate of drug-likeness (QED) is 0.0799. The summed E-state index contributed by atoms with van der Waals surface area (Å²) in [7, 11) is 0. The summed E-state index contributed by atoms with van der Waals surface area (Å²) in [5, 5.41) is 21.5. The van der Waals surface area contributed by atoms with Gasteiger partial charge < -0.3 is 29.9 Å². The van der Waals surface area contributed by atoms with Crippen LogP contribution in [0.1, 0.15) is 165 Å². The molecule has 50 heavy (non-hydrogen) atoms. The molecule has 0 bridgehead atoms. The number of carboxylic acids is 1. The molecule has 1 saturated heterocycles. The number of benzene rings is 2. The average molecular weight is 695 g/mol. The maximum absolute atomic E-state index is 12.7. The Morgan fingerprint density at radius 3 is 1.96 bits per heavy atom. The predicted molar refractivity (Wildman–Crippen MR) is 202 cm³/mol. The molecule has 2 aromatic rings. The molecule has 3 N–H and O–H groups in total. The molecule has 8 heteroatoms. The van der Waals surface area contributed by atoms with Gasteiger partial charge in [0.2, 0.25) is 5.91 Å². The van der Waals surface area contributed by atoms with Crippen LogP contribution in [0.25, 0.3) is 0 Å². The highest BCUT2D eigenvalue weighted by molar-refractivity contribution is 5.90. The van der Waals surface area contributed by atoms with Crippen molar-refractivity contribution in [2.75, 3.05) is 25.0 Å². The fourth-order valence-electron chi connectivity index (χ4n) is 6.75. The number of nitrogens with one attached hydrogen (secondary N) is 1. The number of nitrogens with zero attached hydrogens (tertiary/aromatic N) is 1. The molecule has 8 nitrogen and oxygen atoms in total. The fourth-order valence-corrected chi connectivity index (χ4v) is 6.75. The Balaban J connectivity index is 1.68. The summed E-state index contributed by atoms with van der Waals surface area (Å²) in [5.74, 6) is -0.824. The maximum atomic E-state index is 12.7. The number of aliphatic carboxylic acids is 1. The van der Waals surface area contributed by atoms with Crippen molar-refractivity contribution in [1.82, 2.24) is 4.90 Å². The van der Waals surface area contributed by atoms with E-state index in [0.29, 0.717) is 18.5 Å². The van der Waals surface area contributed by atoms with E-state index in [2.05, 4.69) is 36.2 Å². The first-order valence-corrected chi connectivity index (χ1v) is 19.8. The van der Waals surface area contributed by atoms with Crippen LogP contribution in [0.3, 0.4) is 0 Å². The summed E-state index contributed by atoms with van der Waals surface area (Å²) in [6.07, 6.45) is 19.0. The molecule has 1 amide bonds. The molecular formula is C42H66N2O6. The first kappa shape index (κ1) is 41.6. The highest BCUT2D eigenvalue weighted by atomic mass is 16.7. The molecule has 1 aliphatic heterocycles. The minimum atomic E-state index is -0.774. The summed E-state index contributed by atoms with van der Waals surface area (Å²) in [6, 6.07) is 15.8. The lowest BCUT2D eigenvalue weighted by Crippen LogP contribution is -2.40. The molecule has 1 aliphatic rings. The molecule has 2 aromatic carbocycles. The third-order valence-electron chi connectivity index (χ3n) is 9.72. The number of rotatable bonds is 27. The van der Waals surface area contributed by atoms with Gasteiger partial charge in [-0.3, -0.25) is 9.59 Å². The smallest absolute Gasteiger partial charge is 0.303 e. The van der Waals surface area contributed by atoms with Gasteiger partial charge >= 0.3 is 5.97 Å². The number of unbranched alkanes of at least 4 members (excludes halogenated alkanes) is 13. The van der Waals surface area contributed by atoms with Crippen LogP contribution in [-0.2, 0) is 25.7 Å². The van der Waals surface area contributed by atoms with Crippen LogP contribution in [0, 0.1) is 0 Å². The third kappa shape index (κ3) is 17.0. The first-order chi connectivity index (χ1) is 24.4.